The summed E-state index contributed by atoms with van der Waals surface area (Å²) in [5.74, 6) is 0.632. The van der Waals surface area contributed by atoms with Gasteiger partial charge in [-0.2, -0.15) is 0 Å². The molecule has 19 heavy (non-hydrogen) atoms. The molecule has 6 heteroatoms. The van der Waals surface area contributed by atoms with Gasteiger partial charge in [0.1, 0.15) is 0 Å². The summed E-state index contributed by atoms with van der Waals surface area (Å²) in [5, 5.41) is 3.74. The normalized spacial score (nSPS) is 18.3. The van der Waals surface area contributed by atoms with Crippen LogP contribution in [0.15, 0.2) is 22.7 Å². The molecular weight excluding hydrogens is 351 g/mol. The average molecular weight is 368 g/mol. The second kappa shape index (κ2) is 7.48. The molecule has 0 aromatic heterocycles. The number of amides is 1. The number of rotatable bonds is 3. The standard InChI is InChI=1S/C13H16BrClN2O.ClH/c1-16-7-9-4-5-17(8-9)13(18)10-2-3-11(14)12(15)6-10;/h2-3,6,9,16H,4-5,7-8H2,1H3;1H. The van der Waals surface area contributed by atoms with Gasteiger partial charge in [-0.1, -0.05) is 11.6 Å². The van der Waals surface area contributed by atoms with Crippen LogP contribution in [0.2, 0.25) is 5.02 Å². The maximum absolute atomic E-state index is 12.3. The number of likely N-dealkylation sites (tertiary alicyclic amines) is 1. The maximum Gasteiger partial charge on any atom is 0.253 e. The van der Waals surface area contributed by atoms with Crippen LogP contribution in [0.3, 0.4) is 0 Å². The summed E-state index contributed by atoms with van der Waals surface area (Å²) >= 11 is 9.34. The fourth-order valence-electron chi connectivity index (χ4n) is 2.28. The number of hydrogen-bond donors (Lipinski definition) is 1. The van der Waals surface area contributed by atoms with Crippen molar-refractivity contribution in [3.8, 4) is 0 Å². The molecule has 0 radical (unpaired) electrons. The predicted octanol–water partition coefficient (Wildman–Crippen LogP) is 3.21. The Labute approximate surface area is 133 Å². The first-order valence-electron chi connectivity index (χ1n) is 6.00. The van der Waals surface area contributed by atoms with Crippen molar-refractivity contribution < 1.29 is 4.79 Å². The highest BCUT2D eigenvalue weighted by Gasteiger charge is 2.26. The van der Waals surface area contributed by atoms with Crippen molar-refractivity contribution in [2.24, 2.45) is 5.92 Å². The zero-order valence-electron chi connectivity index (χ0n) is 10.7. The Morgan fingerprint density at radius 3 is 2.95 bits per heavy atom. The second-order valence-corrected chi connectivity index (χ2v) is 5.85. The van der Waals surface area contributed by atoms with E-state index in [1.54, 1.807) is 6.07 Å². The molecule has 3 nitrogen and oxygen atoms in total. The van der Waals surface area contributed by atoms with Crippen molar-refractivity contribution in [1.82, 2.24) is 10.2 Å². The number of nitrogens with zero attached hydrogens (tertiary/aromatic N) is 1. The first-order chi connectivity index (χ1) is 8.61. The lowest BCUT2D eigenvalue weighted by Crippen LogP contribution is -2.30. The van der Waals surface area contributed by atoms with Crippen molar-refractivity contribution in [3.63, 3.8) is 0 Å². The van der Waals surface area contributed by atoms with Gasteiger partial charge in [0.15, 0.2) is 0 Å². The van der Waals surface area contributed by atoms with Crippen LogP contribution in [0, 0.1) is 5.92 Å². The Hall–Kier alpha value is -0.290. The van der Waals surface area contributed by atoms with Gasteiger partial charge in [0.05, 0.1) is 5.02 Å². The zero-order valence-corrected chi connectivity index (χ0v) is 13.8. The lowest BCUT2D eigenvalue weighted by Gasteiger charge is -2.17. The van der Waals surface area contributed by atoms with Gasteiger partial charge >= 0.3 is 0 Å². The van der Waals surface area contributed by atoms with Crippen LogP contribution in [0.5, 0.6) is 0 Å². The van der Waals surface area contributed by atoms with Crippen molar-refractivity contribution in [1.29, 1.82) is 0 Å². The number of nitrogens with one attached hydrogen (secondary N) is 1. The molecule has 1 aliphatic heterocycles. The minimum atomic E-state index is 0. The Morgan fingerprint density at radius 1 is 1.58 bits per heavy atom. The molecule has 1 fully saturated rings. The first kappa shape index (κ1) is 16.8. The van der Waals surface area contributed by atoms with E-state index in [1.807, 2.05) is 24.1 Å². The largest absolute Gasteiger partial charge is 0.338 e. The van der Waals surface area contributed by atoms with Crippen LogP contribution in [0.1, 0.15) is 16.8 Å². The summed E-state index contributed by atoms with van der Waals surface area (Å²) in [5.41, 5.74) is 0.660. The molecule has 1 saturated heterocycles. The molecule has 1 aromatic carbocycles. The summed E-state index contributed by atoms with van der Waals surface area (Å²) in [4.78, 5) is 14.2. The van der Waals surface area contributed by atoms with E-state index in [4.69, 9.17) is 11.6 Å². The fraction of sp³-hybridized carbons (Fsp3) is 0.462. The summed E-state index contributed by atoms with van der Waals surface area (Å²) in [6.07, 6.45) is 1.07. The van der Waals surface area contributed by atoms with Gasteiger partial charge < -0.3 is 10.2 Å². The Bertz CT molecular complexity index is 456. The minimum Gasteiger partial charge on any atom is -0.338 e. The lowest BCUT2D eigenvalue weighted by atomic mass is 10.1. The van der Waals surface area contributed by atoms with Crippen molar-refractivity contribution in [2.75, 3.05) is 26.7 Å². The second-order valence-electron chi connectivity index (χ2n) is 4.59. The highest BCUT2D eigenvalue weighted by Crippen LogP contribution is 2.25. The minimum absolute atomic E-state index is 0. The summed E-state index contributed by atoms with van der Waals surface area (Å²) in [7, 11) is 1.94. The van der Waals surface area contributed by atoms with E-state index in [0.29, 0.717) is 16.5 Å². The van der Waals surface area contributed by atoms with Gasteiger partial charge in [0.25, 0.3) is 5.91 Å². The van der Waals surface area contributed by atoms with Crippen molar-refractivity contribution in [2.45, 2.75) is 6.42 Å². The highest BCUT2D eigenvalue weighted by atomic mass is 79.9. The van der Waals surface area contributed by atoms with E-state index < -0.39 is 0 Å². The van der Waals surface area contributed by atoms with Crippen molar-refractivity contribution >= 4 is 45.8 Å². The van der Waals surface area contributed by atoms with E-state index in [1.165, 1.54) is 0 Å². The zero-order chi connectivity index (χ0) is 13.1. The van der Waals surface area contributed by atoms with E-state index in [0.717, 1.165) is 30.5 Å². The summed E-state index contributed by atoms with van der Waals surface area (Å²) in [6, 6.07) is 5.35. The van der Waals surface area contributed by atoms with Gasteiger partial charge in [-0.3, -0.25) is 4.79 Å². The van der Waals surface area contributed by atoms with Crippen LogP contribution < -0.4 is 5.32 Å². The molecule has 2 rings (SSSR count). The topological polar surface area (TPSA) is 32.3 Å². The third kappa shape index (κ3) is 4.09. The molecule has 1 unspecified atom stereocenters. The smallest absolute Gasteiger partial charge is 0.253 e. The third-order valence-corrected chi connectivity index (χ3v) is 4.46. The number of carbonyl (C=O) groups is 1. The van der Waals surface area contributed by atoms with E-state index in [2.05, 4.69) is 21.2 Å². The lowest BCUT2D eigenvalue weighted by molar-refractivity contribution is 0.0787. The maximum atomic E-state index is 12.3. The van der Waals surface area contributed by atoms with E-state index in [9.17, 15) is 4.79 Å². The molecule has 106 valence electrons. The molecular formula is C13H17BrCl2N2O. The molecule has 1 atom stereocenters. The number of carbonyl (C=O) groups excluding carboxylic acids is 1. The van der Waals surface area contributed by atoms with Crippen LogP contribution in [-0.4, -0.2) is 37.5 Å². The number of benzene rings is 1. The predicted molar refractivity (Wildman–Crippen MR) is 84.3 cm³/mol. The van der Waals surface area contributed by atoms with Crippen molar-refractivity contribution in [3.05, 3.63) is 33.3 Å². The first-order valence-corrected chi connectivity index (χ1v) is 7.18. The van der Waals surface area contributed by atoms with Gasteiger partial charge in [-0.05, 0) is 60.1 Å². The van der Waals surface area contributed by atoms with E-state index >= 15 is 0 Å². The van der Waals surface area contributed by atoms with Gasteiger partial charge in [0.2, 0.25) is 0 Å². The molecule has 1 heterocycles. The van der Waals surface area contributed by atoms with Crippen LogP contribution >= 0.6 is 39.9 Å². The molecule has 1 amide bonds. The van der Waals surface area contributed by atoms with Gasteiger partial charge in [-0.25, -0.2) is 0 Å². The van der Waals surface area contributed by atoms with Gasteiger partial charge in [-0.15, -0.1) is 12.4 Å². The summed E-state index contributed by atoms with van der Waals surface area (Å²) < 4.78 is 0.815. The van der Waals surface area contributed by atoms with Gasteiger partial charge in [0, 0.05) is 23.1 Å². The average Bonchev–Trinajstić information content (AvgIpc) is 2.81. The molecule has 0 aliphatic carbocycles. The Balaban J connectivity index is 0.00000180. The van der Waals surface area contributed by atoms with Crippen LogP contribution in [-0.2, 0) is 0 Å². The quantitative estimate of drug-likeness (QED) is 0.889. The third-order valence-electron chi connectivity index (χ3n) is 3.23. The van der Waals surface area contributed by atoms with Crippen LogP contribution in [0.4, 0.5) is 0 Å². The van der Waals surface area contributed by atoms with Crippen LogP contribution in [0.25, 0.3) is 0 Å². The monoisotopic (exact) mass is 366 g/mol. The molecule has 1 aliphatic rings. The Morgan fingerprint density at radius 2 is 2.32 bits per heavy atom. The molecule has 0 saturated carbocycles. The molecule has 0 bridgehead atoms. The SMILES string of the molecule is CNCC1CCN(C(=O)c2ccc(Br)c(Cl)c2)C1.Cl. The number of halogens is 3. The van der Waals surface area contributed by atoms with E-state index in [-0.39, 0.29) is 18.3 Å². The molecule has 0 spiro atoms. The molecule has 1 N–H and O–H groups in total. The Kier molecular flexibility index (Phi) is 6.60. The number of hydrogen-bond acceptors (Lipinski definition) is 2. The fourth-order valence-corrected chi connectivity index (χ4v) is 2.71. The summed E-state index contributed by atoms with van der Waals surface area (Å²) in [6.45, 7) is 2.62. The molecule has 1 aromatic rings. The highest BCUT2D eigenvalue weighted by molar-refractivity contribution is 9.10.